The van der Waals surface area contributed by atoms with Gasteiger partial charge in [0, 0.05) is 24.0 Å². The van der Waals surface area contributed by atoms with E-state index >= 15 is 0 Å². The summed E-state index contributed by atoms with van der Waals surface area (Å²) in [7, 11) is -2.02. The van der Waals surface area contributed by atoms with Crippen LogP contribution in [-0.4, -0.2) is 38.0 Å². The topological polar surface area (TPSA) is 66.8 Å². The largest absolute Gasteiger partial charge is 0.496 e. The Bertz CT molecular complexity index is 854. The van der Waals surface area contributed by atoms with Gasteiger partial charge >= 0.3 is 0 Å². The van der Waals surface area contributed by atoms with Crippen molar-refractivity contribution in [3.63, 3.8) is 0 Å². The van der Waals surface area contributed by atoms with Crippen LogP contribution in [0.15, 0.2) is 34.5 Å². The van der Waals surface area contributed by atoms with E-state index in [9.17, 15) is 13.5 Å². The molecule has 1 aliphatic heterocycles. The second kappa shape index (κ2) is 7.68. The Hall–Kier alpha value is -1.41. The van der Waals surface area contributed by atoms with E-state index < -0.39 is 16.1 Å². The fourth-order valence-electron chi connectivity index (χ4n) is 3.57. The Labute approximate surface area is 159 Å². The van der Waals surface area contributed by atoms with Gasteiger partial charge in [-0.3, -0.25) is 0 Å². The van der Waals surface area contributed by atoms with E-state index in [1.165, 1.54) is 15.6 Å². The van der Waals surface area contributed by atoms with Gasteiger partial charge in [-0.1, -0.05) is 12.1 Å². The van der Waals surface area contributed by atoms with Crippen molar-refractivity contribution in [2.75, 3.05) is 20.2 Å². The zero-order chi connectivity index (χ0) is 18.9. The minimum atomic E-state index is -3.57. The maximum absolute atomic E-state index is 13.1. The zero-order valence-electron chi connectivity index (χ0n) is 15.3. The average molecular weight is 396 g/mol. The first-order valence-corrected chi connectivity index (χ1v) is 11.0. The zero-order valence-corrected chi connectivity index (χ0v) is 16.9. The van der Waals surface area contributed by atoms with Crippen LogP contribution in [0.1, 0.15) is 34.9 Å². The molecular formula is C19H25NO4S2. The van der Waals surface area contributed by atoms with Gasteiger partial charge in [-0.15, -0.1) is 11.3 Å². The molecule has 1 N–H and O–H groups in total. The first kappa shape index (κ1) is 19.4. The standard InChI is InChI=1S/C19H25NO4S2/c1-13-11-14(2)18(12-16(13)24-3)26(22,23)20-8-6-15(7-9-20)19(21)17-5-4-10-25-17/h4-5,10-12,15,19,21H,6-9H2,1-3H3. The SMILES string of the molecule is COc1cc(S(=O)(=O)N2CCC(C(O)c3cccs3)CC2)c(C)cc1C. The number of benzene rings is 1. The third-order valence-electron chi connectivity index (χ3n) is 5.09. The Morgan fingerprint density at radius 1 is 1.23 bits per heavy atom. The highest BCUT2D eigenvalue weighted by Gasteiger charge is 2.33. The van der Waals surface area contributed by atoms with E-state index in [0.717, 1.165) is 16.0 Å². The van der Waals surface area contributed by atoms with E-state index in [0.29, 0.717) is 36.6 Å². The number of piperidine rings is 1. The molecule has 0 amide bonds. The average Bonchev–Trinajstić information content (AvgIpc) is 3.16. The summed E-state index contributed by atoms with van der Waals surface area (Å²) in [5, 5.41) is 12.5. The molecule has 1 fully saturated rings. The van der Waals surface area contributed by atoms with Crippen molar-refractivity contribution in [2.45, 2.75) is 37.7 Å². The van der Waals surface area contributed by atoms with Gasteiger partial charge in [0.2, 0.25) is 10.0 Å². The molecule has 1 atom stereocenters. The van der Waals surface area contributed by atoms with Gasteiger partial charge in [0.25, 0.3) is 0 Å². The molecule has 1 aromatic heterocycles. The van der Waals surface area contributed by atoms with Crippen LogP contribution < -0.4 is 4.74 Å². The quantitative estimate of drug-likeness (QED) is 0.841. The third-order valence-corrected chi connectivity index (χ3v) is 8.07. The van der Waals surface area contributed by atoms with Crippen LogP contribution >= 0.6 is 11.3 Å². The van der Waals surface area contributed by atoms with E-state index in [-0.39, 0.29) is 5.92 Å². The lowest BCUT2D eigenvalue weighted by Crippen LogP contribution is -2.39. The molecule has 1 unspecified atom stereocenters. The van der Waals surface area contributed by atoms with Crippen molar-refractivity contribution >= 4 is 21.4 Å². The van der Waals surface area contributed by atoms with E-state index in [1.54, 1.807) is 13.2 Å². The van der Waals surface area contributed by atoms with Crippen molar-refractivity contribution in [1.82, 2.24) is 4.31 Å². The number of hydrogen-bond acceptors (Lipinski definition) is 5. The van der Waals surface area contributed by atoms with Crippen LogP contribution in [0.2, 0.25) is 0 Å². The molecule has 0 saturated carbocycles. The summed E-state index contributed by atoms with van der Waals surface area (Å²) >= 11 is 1.54. The van der Waals surface area contributed by atoms with E-state index in [4.69, 9.17) is 4.74 Å². The first-order valence-electron chi connectivity index (χ1n) is 8.71. The number of aliphatic hydroxyl groups excluding tert-OH is 1. The van der Waals surface area contributed by atoms with Gasteiger partial charge in [-0.2, -0.15) is 4.31 Å². The summed E-state index contributed by atoms with van der Waals surface area (Å²) in [6, 6.07) is 7.32. The molecule has 0 bridgehead atoms. The second-order valence-electron chi connectivity index (χ2n) is 6.79. The molecule has 3 rings (SSSR count). The fourth-order valence-corrected chi connectivity index (χ4v) is 6.07. The number of ether oxygens (including phenoxy) is 1. The summed E-state index contributed by atoms with van der Waals surface area (Å²) in [6.45, 7) is 4.56. The molecule has 0 aliphatic carbocycles. The molecule has 1 aliphatic rings. The predicted octanol–water partition coefficient (Wildman–Crippen LogP) is 3.51. The normalized spacial score (nSPS) is 18.0. The minimum absolute atomic E-state index is 0.0914. The van der Waals surface area contributed by atoms with Crippen LogP contribution in [-0.2, 0) is 10.0 Å². The lowest BCUT2D eigenvalue weighted by Gasteiger charge is -2.33. The molecule has 0 spiro atoms. The van der Waals surface area contributed by atoms with Gasteiger partial charge in [-0.25, -0.2) is 8.42 Å². The number of rotatable bonds is 5. The predicted molar refractivity (Wildman–Crippen MR) is 103 cm³/mol. The Morgan fingerprint density at radius 2 is 1.92 bits per heavy atom. The molecule has 2 aromatic rings. The monoisotopic (exact) mass is 395 g/mol. The van der Waals surface area contributed by atoms with E-state index in [2.05, 4.69) is 0 Å². The van der Waals surface area contributed by atoms with Gasteiger partial charge < -0.3 is 9.84 Å². The number of aryl methyl sites for hydroxylation is 2. The third kappa shape index (κ3) is 3.67. The van der Waals surface area contributed by atoms with E-state index in [1.807, 2.05) is 37.4 Å². The van der Waals surface area contributed by atoms with Gasteiger partial charge in [0.05, 0.1) is 18.1 Å². The molecule has 0 radical (unpaired) electrons. The highest BCUT2D eigenvalue weighted by atomic mass is 32.2. The lowest BCUT2D eigenvalue weighted by molar-refractivity contribution is 0.0788. The van der Waals surface area contributed by atoms with Crippen LogP contribution in [0.25, 0.3) is 0 Å². The fraction of sp³-hybridized carbons (Fsp3) is 0.474. The Morgan fingerprint density at radius 3 is 2.50 bits per heavy atom. The highest BCUT2D eigenvalue weighted by molar-refractivity contribution is 7.89. The first-order chi connectivity index (χ1) is 12.3. The smallest absolute Gasteiger partial charge is 0.243 e. The molecular weight excluding hydrogens is 370 g/mol. The Kier molecular flexibility index (Phi) is 5.72. The second-order valence-corrected chi connectivity index (χ2v) is 9.67. The van der Waals surface area contributed by atoms with Crippen molar-refractivity contribution in [3.8, 4) is 5.75 Å². The number of thiophene rings is 1. The van der Waals surface area contributed by atoms with Gasteiger partial charge in [0.1, 0.15) is 5.75 Å². The number of nitrogens with zero attached hydrogens (tertiary/aromatic N) is 1. The van der Waals surface area contributed by atoms with Gasteiger partial charge in [-0.05, 0) is 55.2 Å². The molecule has 1 aromatic carbocycles. The summed E-state index contributed by atoms with van der Waals surface area (Å²) in [4.78, 5) is 1.25. The van der Waals surface area contributed by atoms with Crippen LogP contribution in [0, 0.1) is 19.8 Å². The Balaban J connectivity index is 1.76. The van der Waals surface area contributed by atoms with Crippen molar-refractivity contribution in [2.24, 2.45) is 5.92 Å². The van der Waals surface area contributed by atoms with Crippen molar-refractivity contribution in [1.29, 1.82) is 0 Å². The van der Waals surface area contributed by atoms with Gasteiger partial charge in [0.15, 0.2) is 0 Å². The molecule has 7 heteroatoms. The number of hydrogen-bond donors (Lipinski definition) is 1. The molecule has 142 valence electrons. The van der Waals surface area contributed by atoms with Crippen LogP contribution in [0.4, 0.5) is 0 Å². The summed E-state index contributed by atoms with van der Waals surface area (Å²) in [6.07, 6.45) is 0.793. The molecule has 2 heterocycles. The number of aliphatic hydroxyl groups is 1. The minimum Gasteiger partial charge on any atom is -0.496 e. The number of methoxy groups -OCH3 is 1. The van der Waals surface area contributed by atoms with Crippen molar-refractivity contribution in [3.05, 3.63) is 45.6 Å². The van der Waals surface area contributed by atoms with Crippen LogP contribution in [0.5, 0.6) is 5.75 Å². The van der Waals surface area contributed by atoms with Crippen LogP contribution in [0.3, 0.4) is 0 Å². The summed E-state index contributed by atoms with van der Waals surface area (Å²) in [5.41, 5.74) is 1.64. The summed E-state index contributed by atoms with van der Waals surface area (Å²) < 4.78 is 33.0. The maximum atomic E-state index is 13.1. The molecule has 5 nitrogen and oxygen atoms in total. The maximum Gasteiger partial charge on any atom is 0.243 e. The number of sulfonamides is 1. The molecule has 26 heavy (non-hydrogen) atoms. The highest BCUT2D eigenvalue weighted by Crippen LogP contribution is 2.35. The summed E-state index contributed by atoms with van der Waals surface area (Å²) in [5.74, 6) is 0.672. The lowest BCUT2D eigenvalue weighted by atomic mass is 9.91. The van der Waals surface area contributed by atoms with Crippen molar-refractivity contribution < 1.29 is 18.3 Å². The molecule has 1 saturated heterocycles.